The minimum Gasteiger partial charge on any atom is -0.393 e. The van der Waals surface area contributed by atoms with Gasteiger partial charge in [-0.3, -0.25) is 0 Å². The summed E-state index contributed by atoms with van der Waals surface area (Å²) in [6.07, 6.45) is 9.23. The summed E-state index contributed by atoms with van der Waals surface area (Å²) in [5.74, 6) is 0.108. The summed E-state index contributed by atoms with van der Waals surface area (Å²) in [7, 11) is 0. The maximum atomic E-state index is 11.4. The first-order valence-electron chi connectivity index (χ1n) is 9.23. The van der Waals surface area contributed by atoms with Crippen LogP contribution in [0.4, 0.5) is 0 Å². The molecule has 0 spiro atoms. The second-order valence-electron chi connectivity index (χ2n) is 8.77. The highest BCUT2D eigenvalue weighted by Crippen LogP contribution is 2.57. The third-order valence-electron chi connectivity index (χ3n) is 6.78. The van der Waals surface area contributed by atoms with Gasteiger partial charge in [0.1, 0.15) is 5.60 Å². The number of hydrogen-bond donors (Lipinski definition) is 3. The molecule has 0 aromatic carbocycles. The van der Waals surface area contributed by atoms with E-state index in [1.807, 2.05) is 32.1 Å². The number of fused-ring (bicyclic) bond motifs is 4. The van der Waals surface area contributed by atoms with Crippen molar-refractivity contribution in [2.75, 3.05) is 13.2 Å². The van der Waals surface area contributed by atoms with E-state index in [0.717, 1.165) is 12.8 Å². The van der Waals surface area contributed by atoms with Crippen LogP contribution in [0.3, 0.4) is 0 Å². The second kappa shape index (κ2) is 6.24. The lowest BCUT2D eigenvalue weighted by Gasteiger charge is -2.47. The van der Waals surface area contributed by atoms with Gasteiger partial charge in [0.2, 0.25) is 0 Å². The first-order valence-corrected chi connectivity index (χ1v) is 9.23. The molecule has 3 N–H and O–H groups in total. The molecule has 0 radical (unpaired) electrons. The van der Waals surface area contributed by atoms with Crippen LogP contribution >= 0.6 is 0 Å². The number of aliphatic hydroxyl groups excluding tert-OH is 2. The van der Waals surface area contributed by atoms with Gasteiger partial charge in [0.15, 0.2) is 0 Å². The molecule has 0 aromatic heterocycles. The highest BCUT2D eigenvalue weighted by Gasteiger charge is 2.61. The van der Waals surface area contributed by atoms with Crippen LogP contribution in [-0.4, -0.2) is 45.8 Å². The van der Waals surface area contributed by atoms with Crippen molar-refractivity contribution in [2.45, 2.75) is 70.2 Å². The fourth-order valence-corrected chi connectivity index (χ4v) is 5.27. The molecule has 4 nitrogen and oxygen atoms in total. The van der Waals surface area contributed by atoms with Gasteiger partial charge in [-0.1, -0.05) is 30.7 Å². The molecule has 3 fully saturated rings. The molecule has 4 heteroatoms. The second-order valence-corrected chi connectivity index (χ2v) is 8.77. The molecule has 2 saturated carbocycles. The van der Waals surface area contributed by atoms with E-state index in [1.54, 1.807) is 0 Å². The number of hydrogen-bond acceptors (Lipinski definition) is 4. The molecular formula is C20H32O4. The topological polar surface area (TPSA) is 69.9 Å². The molecular weight excluding hydrogens is 304 g/mol. The Bertz CT molecular complexity index is 538. The fraction of sp³-hybridized carbons (Fsp3) is 0.800. The van der Waals surface area contributed by atoms with Crippen molar-refractivity contribution in [1.29, 1.82) is 0 Å². The Morgan fingerprint density at radius 1 is 1.21 bits per heavy atom. The highest BCUT2D eigenvalue weighted by atomic mass is 16.5. The summed E-state index contributed by atoms with van der Waals surface area (Å²) in [5, 5.41) is 32.0. The molecule has 0 aromatic rings. The Morgan fingerprint density at radius 3 is 2.62 bits per heavy atom. The smallest absolute Gasteiger partial charge is 0.113 e. The summed E-state index contributed by atoms with van der Waals surface area (Å²) < 4.78 is 6.10. The first kappa shape index (κ1) is 18.1. The number of allylic oxidation sites excluding steroid dienone is 3. The van der Waals surface area contributed by atoms with Gasteiger partial charge in [-0.05, 0) is 51.4 Å². The summed E-state index contributed by atoms with van der Waals surface area (Å²) in [6.45, 7) is 6.58. The monoisotopic (exact) mass is 336 g/mol. The molecule has 136 valence electrons. The lowest BCUT2D eigenvalue weighted by atomic mass is 9.63. The lowest BCUT2D eigenvalue weighted by molar-refractivity contribution is -0.127. The quantitative estimate of drug-likeness (QED) is 0.693. The van der Waals surface area contributed by atoms with E-state index in [2.05, 4.69) is 6.92 Å². The zero-order valence-electron chi connectivity index (χ0n) is 15.2. The number of ether oxygens (including phenoxy) is 1. The van der Waals surface area contributed by atoms with Crippen LogP contribution in [0.15, 0.2) is 23.8 Å². The highest BCUT2D eigenvalue weighted by molar-refractivity contribution is 5.20. The normalized spacial score (nSPS) is 48.2. The maximum Gasteiger partial charge on any atom is 0.113 e. The standard InChI is InChI=1S/C20H32O4/c1-14(2)5-4-8-20(13-21)15-6-9-18(3)12-19(23,10-7-17(18)22)16(15)11-24-20/h4-5,8,15-17,21-23H,6-7,9-13H2,1-3H3/b8-4+/t15-,16+,17-,18-,19+,20+/m0/s1. The Morgan fingerprint density at radius 2 is 1.96 bits per heavy atom. The summed E-state index contributed by atoms with van der Waals surface area (Å²) in [5.41, 5.74) is -0.552. The Hall–Kier alpha value is -0.680. The van der Waals surface area contributed by atoms with Gasteiger partial charge in [-0.15, -0.1) is 0 Å². The molecule has 0 unspecified atom stereocenters. The average Bonchev–Trinajstić information content (AvgIpc) is 2.84. The first-order chi connectivity index (χ1) is 11.2. The van der Waals surface area contributed by atoms with Crippen LogP contribution in [0.5, 0.6) is 0 Å². The summed E-state index contributed by atoms with van der Waals surface area (Å²) >= 11 is 0. The largest absolute Gasteiger partial charge is 0.393 e. The van der Waals surface area contributed by atoms with Gasteiger partial charge in [0.05, 0.1) is 24.9 Å². The third-order valence-corrected chi connectivity index (χ3v) is 6.78. The van der Waals surface area contributed by atoms with Gasteiger partial charge in [-0.25, -0.2) is 0 Å². The van der Waals surface area contributed by atoms with Crippen LogP contribution in [0, 0.1) is 17.3 Å². The molecule has 0 amide bonds. The van der Waals surface area contributed by atoms with Gasteiger partial charge < -0.3 is 20.1 Å². The Balaban J connectivity index is 1.93. The predicted molar refractivity (Wildman–Crippen MR) is 93.5 cm³/mol. The minimum atomic E-state index is -0.795. The molecule has 3 aliphatic rings. The van der Waals surface area contributed by atoms with Crippen LogP contribution < -0.4 is 0 Å². The third kappa shape index (κ3) is 2.88. The zero-order valence-corrected chi connectivity index (χ0v) is 15.2. The van der Waals surface area contributed by atoms with Gasteiger partial charge in [0, 0.05) is 11.8 Å². The Labute approximate surface area is 145 Å². The lowest BCUT2D eigenvalue weighted by Crippen LogP contribution is -2.51. The number of aliphatic hydroxyl groups is 3. The summed E-state index contributed by atoms with van der Waals surface area (Å²) in [6, 6.07) is 0. The zero-order chi connectivity index (χ0) is 17.6. The van der Waals surface area contributed by atoms with Crippen molar-refractivity contribution < 1.29 is 20.1 Å². The van der Waals surface area contributed by atoms with Crippen molar-refractivity contribution >= 4 is 0 Å². The van der Waals surface area contributed by atoms with E-state index in [-0.39, 0.29) is 30.0 Å². The molecule has 2 aliphatic carbocycles. The minimum absolute atomic E-state index is 0.0235. The van der Waals surface area contributed by atoms with E-state index in [4.69, 9.17) is 4.74 Å². The van der Waals surface area contributed by atoms with E-state index >= 15 is 0 Å². The van der Waals surface area contributed by atoms with Crippen LogP contribution in [-0.2, 0) is 4.74 Å². The SMILES string of the molecule is CC(C)=C/C=C/[C@]1(CO)OC[C@@H]2[C@@H]1CC[C@@]1(C)C[C@]2(O)CC[C@@H]1O. The van der Waals surface area contributed by atoms with E-state index in [9.17, 15) is 15.3 Å². The summed E-state index contributed by atoms with van der Waals surface area (Å²) in [4.78, 5) is 0. The van der Waals surface area contributed by atoms with Crippen molar-refractivity contribution in [3.05, 3.63) is 23.8 Å². The van der Waals surface area contributed by atoms with Crippen LogP contribution in [0.25, 0.3) is 0 Å². The van der Waals surface area contributed by atoms with Crippen molar-refractivity contribution in [1.82, 2.24) is 0 Å². The molecule has 1 heterocycles. The predicted octanol–water partition coefficient (Wildman–Crippen LogP) is 2.58. The average molecular weight is 336 g/mol. The fourth-order valence-electron chi connectivity index (χ4n) is 5.27. The van der Waals surface area contributed by atoms with E-state index in [0.29, 0.717) is 25.9 Å². The maximum absolute atomic E-state index is 11.4. The van der Waals surface area contributed by atoms with Crippen molar-refractivity contribution in [3.8, 4) is 0 Å². The molecule has 2 bridgehead atoms. The Kier molecular flexibility index (Phi) is 4.71. The van der Waals surface area contributed by atoms with Gasteiger partial charge in [-0.2, -0.15) is 0 Å². The molecule has 1 saturated heterocycles. The van der Waals surface area contributed by atoms with Crippen LogP contribution in [0.2, 0.25) is 0 Å². The number of rotatable bonds is 3. The van der Waals surface area contributed by atoms with Gasteiger partial charge in [0.25, 0.3) is 0 Å². The van der Waals surface area contributed by atoms with Crippen LogP contribution in [0.1, 0.15) is 52.9 Å². The molecule has 3 rings (SSSR count). The van der Waals surface area contributed by atoms with Gasteiger partial charge >= 0.3 is 0 Å². The van der Waals surface area contributed by atoms with E-state index in [1.165, 1.54) is 5.57 Å². The van der Waals surface area contributed by atoms with E-state index < -0.39 is 11.2 Å². The molecule has 1 aliphatic heterocycles. The molecule has 24 heavy (non-hydrogen) atoms. The van der Waals surface area contributed by atoms with Crippen molar-refractivity contribution in [2.24, 2.45) is 17.3 Å². The van der Waals surface area contributed by atoms with Crippen molar-refractivity contribution in [3.63, 3.8) is 0 Å². The molecule has 6 atom stereocenters.